The Balaban J connectivity index is 1.97. The van der Waals surface area contributed by atoms with Gasteiger partial charge in [0.1, 0.15) is 11.5 Å². The predicted octanol–water partition coefficient (Wildman–Crippen LogP) is 4.01. The van der Waals surface area contributed by atoms with E-state index in [9.17, 15) is 9.18 Å². The fourth-order valence-corrected chi connectivity index (χ4v) is 2.44. The van der Waals surface area contributed by atoms with Gasteiger partial charge in [-0.1, -0.05) is 30.9 Å². The topological polar surface area (TPSA) is 46.9 Å². The van der Waals surface area contributed by atoms with Crippen molar-refractivity contribution in [2.75, 3.05) is 5.32 Å². The van der Waals surface area contributed by atoms with Gasteiger partial charge in [-0.25, -0.2) is 9.37 Å². The summed E-state index contributed by atoms with van der Waals surface area (Å²) in [4.78, 5) is 15.8. The highest BCUT2D eigenvalue weighted by Crippen LogP contribution is 2.24. The minimum Gasteiger partial charge on any atom is -0.335 e. The predicted molar refractivity (Wildman–Crippen MR) is 94.9 cm³/mol. The van der Waals surface area contributed by atoms with Gasteiger partial charge in [-0.2, -0.15) is 0 Å². The highest BCUT2D eigenvalue weighted by atomic mass is 19.1. The van der Waals surface area contributed by atoms with Crippen LogP contribution in [0.3, 0.4) is 0 Å². The minimum atomic E-state index is -0.282. The van der Waals surface area contributed by atoms with Crippen molar-refractivity contribution < 1.29 is 9.18 Å². The number of rotatable bonds is 4. The number of aromatic nitrogens is 2. The van der Waals surface area contributed by atoms with Crippen LogP contribution in [0.15, 0.2) is 55.4 Å². The van der Waals surface area contributed by atoms with E-state index in [2.05, 4.69) is 16.9 Å². The fraction of sp³-hybridized carbons (Fsp3) is 0.0526. The molecule has 1 amide bonds. The molecule has 0 fully saturated rings. The standard InChI is InChI=1S/C19H16FN3O/c1-3-18(24)22-16-10-17-14(12-23(2)19(17)21-11-16)7-4-13-5-8-15(20)9-6-13/h3-12H,1H2,2H3,(H,22,24). The van der Waals surface area contributed by atoms with E-state index >= 15 is 0 Å². The van der Waals surface area contributed by atoms with Crippen molar-refractivity contribution in [2.45, 2.75) is 0 Å². The van der Waals surface area contributed by atoms with Gasteiger partial charge in [-0.15, -0.1) is 0 Å². The number of carbonyl (C=O) groups is 1. The van der Waals surface area contributed by atoms with E-state index < -0.39 is 0 Å². The maximum absolute atomic E-state index is 13.0. The molecular weight excluding hydrogens is 305 g/mol. The lowest BCUT2D eigenvalue weighted by Gasteiger charge is -2.02. The third kappa shape index (κ3) is 3.25. The van der Waals surface area contributed by atoms with Crippen LogP contribution in [0.25, 0.3) is 23.2 Å². The van der Waals surface area contributed by atoms with Crippen LogP contribution in [0, 0.1) is 5.82 Å². The fourth-order valence-electron chi connectivity index (χ4n) is 2.44. The van der Waals surface area contributed by atoms with E-state index in [1.54, 1.807) is 18.3 Å². The molecule has 24 heavy (non-hydrogen) atoms. The molecule has 0 radical (unpaired) electrons. The van der Waals surface area contributed by atoms with Gasteiger partial charge in [-0.3, -0.25) is 4.79 Å². The molecule has 0 unspecified atom stereocenters. The van der Waals surface area contributed by atoms with Crippen LogP contribution in [-0.4, -0.2) is 15.5 Å². The van der Waals surface area contributed by atoms with Crippen LogP contribution >= 0.6 is 0 Å². The van der Waals surface area contributed by atoms with Gasteiger partial charge in [0.2, 0.25) is 5.91 Å². The van der Waals surface area contributed by atoms with Crippen molar-refractivity contribution in [2.24, 2.45) is 7.05 Å². The number of aryl methyl sites for hydroxylation is 1. The number of nitrogens with zero attached hydrogens (tertiary/aromatic N) is 2. The summed E-state index contributed by atoms with van der Waals surface area (Å²) in [5.41, 5.74) is 3.27. The summed E-state index contributed by atoms with van der Waals surface area (Å²) in [5.74, 6) is -0.542. The van der Waals surface area contributed by atoms with Crippen molar-refractivity contribution in [3.8, 4) is 0 Å². The zero-order chi connectivity index (χ0) is 17.1. The van der Waals surface area contributed by atoms with E-state index in [0.717, 1.165) is 22.2 Å². The summed E-state index contributed by atoms with van der Waals surface area (Å²) in [6.45, 7) is 3.44. The van der Waals surface area contributed by atoms with Gasteiger partial charge in [0.05, 0.1) is 11.9 Å². The van der Waals surface area contributed by atoms with Crippen LogP contribution in [-0.2, 0) is 11.8 Å². The lowest BCUT2D eigenvalue weighted by molar-refractivity contribution is -0.111. The molecule has 0 aliphatic heterocycles. The molecule has 1 N–H and O–H groups in total. The Kier molecular flexibility index (Phi) is 4.24. The number of anilines is 1. The summed E-state index contributed by atoms with van der Waals surface area (Å²) in [6.07, 6.45) is 8.62. The van der Waals surface area contributed by atoms with E-state index in [0.29, 0.717) is 5.69 Å². The maximum Gasteiger partial charge on any atom is 0.247 e. The summed E-state index contributed by atoms with van der Waals surface area (Å²) in [5, 5.41) is 3.62. The number of pyridine rings is 1. The highest BCUT2D eigenvalue weighted by molar-refractivity contribution is 6.00. The Morgan fingerprint density at radius 1 is 1.29 bits per heavy atom. The molecule has 0 atom stereocenters. The first-order valence-corrected chi connectivity index (χ1v) is 7.39. The molecule has 0 saturated carbocycles. The van der Waals surface area contributed by atoms with Crippen LogP contribution in [0.4, 0.5) is 10.1 Å². The first kappa shape index (κ1) is 15.7. The molecule has 120 valence electrons. The molecule has 0 bridgehead atoms. The molecule has 0 saturated heterocycles. The molecule has 4 nitrogen and oxygen atoms in total. The maximum atomic E-state index is 13.0. The molecule has 0 aliphatic carbocycles. The number of hydrogen-bond acceptors (Lipinski definition) is 2. The van der Waals surface area contributed by atoms with Crippen molar-refractivity contribution in [1.82, 2.24) is 9.55 Å². The largest absolute Gasteiger partial charge is 0.335 e. The van der Waals surface area contributed by atoms with Crippen LogP contribution in [0.2, 0.25) is 0 Å². The quantitative estimate of drug-likeness (QED) is 0.738. The SMILES string of the molecule is C=CC(=O)Nc1cnc2c(c1)c(C=Cc1ccc(F)cc1)cn2C. The molecule has 5 heteroatoms. The van der Waals surface area contributed by atoms with Gasteiger partial charge >= 0.3 is 0 Å². The van der Waals surface area contributed by atoms with E-state index in [1.165, 1.54) is 18.2 Å². The molecule has 2 aromatic heterocycles. The number of amides is 1. The van der Waals surface area contributed by atoms with Crippen molar-refractivity contribution in [3.63, 3.8) is 0 Å². The third-order valence-corrected chi connectivity index (χ3v) is 3.62. The second-order valence-corrected chi connectivity index (χ2v) is 5.37. The van der Waals surface area contributed by atoms with Gasteiger partial charge in [0, 0.05) is 24.2 Å². The summed E-state index contributed by atoms with van der Waals surface area (Å²) in [7, 11) is 1.91. The van der Waals surface area contributed by atoms with Crippen molar-refractivity contribution in [3.05, 3.63) is 72.3 Å². The van der Waals surface area contributed by atoms with E-state index in [-0.39, 0.29) is 11.7 Å². The van der Waals surface area contributed by atoms with Crippen LogP contribution < -0.4 is 5.32 Å². The zero-order valence-corrected chi connectivity index (χ0v) is 13.2. The summed E-state index contributed by atoms with van der Waals surface area (Å²) < 4.78 is 14.9. The number of fused-ring (bicyclic) bond motifs is 1. The molecule has 2 heterocycles. The average Bonchev–Trinajstić information content (AvgIpc) is 2.90. The van der Waals surface area contributed by atoms with Gasteiger partial charge in [-0.05, 0) is 29.8 Å². The normalized spacial score (nSPS) is 11.1. The summed E-state index contributed by atoms with van der Waals surface area (Å²) >= 11 is 0. The van der Waals surface area contributed by atoms with Crippen LogP contribution in [0.1, 0.15) is 11.1 Å². The molecule has 0 aliphatic rings. The first-order valence-electron chi connectivity index (χ1n) is 7.39. The second kappa shape index (κ2) is 6.50. The van der Waals surface area contributed by atoms with Crippen molar-refractivity contribution in [1.29, 1.82) is 0 Å². The Hall–Kier alpha value is -3.21. The highest BCUT2D eigenvalue weighted by Gasteiger charge is 2.08. The minimum absolute atomic E-state index is 0.260. The third-order valence-electron chi connectivity index (χ3n) is 3.62. The van der Waals surface area contributed by atoms with Gasteiger partial charge < -0.3 is 9.88 Å². The smallest absolute Gasteiger partial charge is 0.247 e. The first-order chi connectivity index (χ1) is 11.6. The van der Waals surface area contributed by atoms with Crippen molar-refractivity contribution >= 4 is 34.8 Å². The van der Waals surface area contributed by atoms with E-state index in [1.807, 2.05) is 36.0 Å². The molecule has 3 aromatic rings. The van der Waals surface area contributed by atoms with E-state index in [4.69, 9.17) is 0 Å². The number of halogens is 1. The Labute approximate surface area is 138 Å². The zero-order valence-electron chi connectivity index (χ0n) is 13.2. The van der Waals surface area contributed by atoms with Gasteiger partial charge in [0.25, 0.3) is 0 Å². The lowest BCUT2D eigenvalue weighted by Crippen LogP contribution is -2.07. The Bertz CT molecular complexity index is 939. The van der Waals surface area contributed by atoms with Crippen LogP contribution in [0.5, 0.6) is 0 Å². The molecule has 1 aromatic carbocycles. The number of hydrogen-bond donors (Lipinski definition) is 1. The summed E-state index contributed by atoms with van der Waals surface area (Å²) in [6, 6.07) is 8.14. The second-order valence-electron chi connectivity index (χ2n) is 5.37. The molecule has 0 spiro atoms. The number of nitrogens with one attached hydrogen (secondary N) is 1. The molecule has 3 rings (SSSR count). The lowest BCUT2D eigenvalue weighted by atomic mass is 10.1. The number of carbonyl (C=O) groups excluding carboxylic acids is 1. The molecular formula is C19H16FN3O. The Morgan fingerprint density at radius 2 is 2.04 bits per heavy atom. The van der Waals surface area contributed by atoms with Gasteiger partial charge in [0.15, 0.2) is 0 Å². The number of benzene rings is 1. The Morgan fingerprint density at radius 3 is 2.75 bits per heavy atom. The monoisotopic (exact) mass is 321 g/mol. The average molecular weight is 321 g/mol.